The van der Waals surface area contributed by atoms with E-state index in [-0.39, 0.29) is 18.3 Å². The van der Waals surface area contributed by atoms with Gasteiger partial charge in [-0.2, -0.15) is 0 Å². The third-order valence-electron chi connectivity index (χ3n) is 3.02. The molecule has 1 aromatic carbocycles. The first-order chi connectivity index (χ1) is 9.49. The smallest absolute Gasteiger partial charge is 0.257 e. The van der Waals surface area contributed by atoms with Gasteiger partial charge in [0.2, 0.25) is 0 Å². The first-order valence-electron chi connectivity index (χ1n) is 6.20. The van der Waals surface area contributed by atoms with Crippen LogP contribution in [-0.2, 0) is 6.54 Å². The highest BCUT2D eigenvalue weighted by atomic mass is 19.1. The van der Waals surface area contributed by atoms with Crippen molar-refractivity contribution in [3.63, 3.8) is 0 Å². The van der Waals surface area contributed by atoms with E-state index in [0.717, 1.165) is 5.69 Å². The summed E-state index contributed by atoms with van der Waals surface area (Å²) in [6.07, 6.45) is 1.45. The molecule has 4 nitrogen and oxygen atoms in total. The van der Waals surface area contributed by atoms with Crippen LogP contribution in [0.2, 0.25) is 0 Å². The standard InChI is InChI=1S/C15H16FN3O/c1-10-7-14(17)12(8-18-10)15(20)19(2)9-11-5-3-4-6-13(11)16/h3-8H,9H2,1-2H3,(H2,17,18). The Bertz CT molecular complexity index is 643. The highest BCUT2D eigenvalue weighted by Gasteiger charge is 2.16. The Morgan fingerprint density at radius 1 is 1.40 bits per heavy atom. The van der Waals surface area contributed by atoms with E-state index in [1.165, 1.54) is 17.2 Å². The van der Waals surface area contributed by atoms with Crippen LogP contribution in [0, 0.1) is 12.7 Å². The number of carbonyl (C=O) groups is 1. The van der Waals surface area contributed by atoms with E-state index in [4.69, 9.17) is 5.73 Å². The largest absolute Gasteiger partial charge is 0.398 e. The van der Waals surface area contributed by atoms with E-state index < -0.39 is 0 Å². The zero-order valence-corrected chi connectivity index (χ0v) is 11.4. The van der Waals surface area contributed by atoms with Crippen LogP contribution < -0.4 is 5.73 Å². The minimum atomic E-state index is -0.331. The van der Waals surface area contributed by atoms with Crippen molar-refractivity contribution in [3.8, 4) is 0 Å². The maximum Gasteiger partial charge on any atom is 0.257 e. The monoisotopic (exact) mass is 273 g/mol. The molecule has 0 saturated carbocycles. The Balaban J connectivity index is 2.19. The first-order valence-corrected chi connectivity index (χ1v) is 6.20. The van der Waals surface area contributed by atoms with Crippen molar-refractivity contribution in [1.82, 2.24) is 9.88 Å². The van der Waals surface area contributed by atoms with Gasteiger partial charge in [0.25, 0.3) is 5.91 Å². The van der Waals surface area contributed by atoms with Crippen LogP contribution in [0.5, 0.6) is 0 Å². The highest BCUT2D eigenvalue weighted by molar-refractivity contribution is 5.98. The first kappa shape index (κ1) is 14.0. The molecule has 0 spiro atoms. The minimum Gasteiger partial charge on any atom is -0.398 e. The number of amides is 1. The fraction of sp³-hybridized carbons (Fsp3) is 0.200. The molecule has 0 atom stereocenters. The highest BCUT2D eigenvalue weighted by Crippen LogP contribution is 2.16. The summed E-state index contributed by atoms with van der Waals surface area (Å²) in [6.45, 7) is 1.98. The normalized spacial score (nSPS) is 10.3. The number of nitrogens with two attached hydrogens (primary N) is 1. The summed E-state index contributed by atoms with van der Waals surface area (Å²) in [5, 5.41) is 0. The average molecular weight is 273 g/mol. The van der Waals surface area contributed by atoms with Crippen molar-refractivity contribution in [3.05, 3.63) is 59.2 Å². The molecule has 0 saturated heterocycles. The molecule has 0 fully saturated rings. The molecule has 20 heavy (non-hydrogen) atoms. The summed E-state index contributed by atoms with van der Waals surface area (Å²) >= 11 is 0. The van der Waals surface area contributed by atoms with Crippen LogP contribution in [0.4, 0.5) is 10.1 Å². The van der Waals surface area contributed by atoms with Gasteiger partial charge in [0, 0.05) is 36.7 Å². The Morgan fingerprint density at radius 2 is 2.10 bits per heavy atom. The van der Waals surface area contributed by atoms with Crippen LogP contribution in [0.25, 0.3) is 0 Å². The number of aromatic nitrogens is 1. The lowest BCUT2D eigenvalue weighted by molar-refractivity contribution is 0.0784. The van der Waals surface area contributed by atoms with Crippen LogP contribution in [0.3, 0.4) is 0 Å². The Morgan fingerprint density at radius 3 is 2.75 bits per heavy atom. The zero-order chi connectivity index (χ0) is 14.7. The molecule has 5 heteroatoms. The van der Waals surface area contributed by atoms with Crippen molar-refractivity contribution in [2.24, 2.45) is 0 Å². The second-order valence-electron chi connectivity index (χ2n) is 4.67. The SMILES string of the molecule is Cc1cc(N)c(C(=O)N(C)Cc2ccccc2F)cn1. The van der Waals surface area contributed by atoms with E-state index in [0.29, 0.717) is 16.8 Å². The molecule has 0 aliphatic carbocycles. The van der Waals surface area contributed by atoms with Gasteiger partial charge in [-0.05, 0) is 19.1 Å². The van der Waals surface area contributed by atoms with E-state index in [9.17, 15) is 9.18 Å². The molecule has 0 radical (unpaired) electrons. The van der Waals surface area contributed by atoms with Crippen LogP contribution in [0.1, 0.15) is 21.6 Å². The van der Waals surface area contributed by atoms with Gasteiger partial charge in [-0.1, -0.05) is 18.2 Å². The molecule has 2 aromatic rings. The number of carbonyl (C=O) groups excluding carboxylic acids is 1. The molecule has 2 rings (SSSR count). The van der Waals surface area contributed by atoms with E-state index in [1.807, 2.05) is 0 Å². The van der Waals surface area contributed by atoms with Crippen LogP contribution >= 0.6 is 0 Å². The number of rotatable bonds is 3. The van der Waals surface area contributed by atoms with Gasteiger partial charge in [-0.25, -0.2) is 4.39 Å². The number of benzene rings is 1. The van der Waals surface area contributed by atoms with Gasteiger partial charge < -0.3 is 10.6 Å². The summed E-state index contributed by atoms with van der Waals surface area (Å²) in [7, 11) is 1.61. The van der Waals surface area contributed by atoms with E-state index >= 15 is 0 Å². The maximum atomic E-state index is 13.6. The quantitative estimate of drug-likeness (QED) is 0.934. The van der Waals surface area contributed by atoms with Gasteiger partial charge in [0.05, 0.1) is 5.56 Å². The number of pyridine rings is 1. The van der Waals surface area contributed by atoms with Gasteiger partial charge in [0.1, 0.15) is 5.82 Å². The molecule has 1 heterocycles. The lowest BCUT2D eigenvalue weighted by Gasteiger charge is -2.18. The molecule has 1 amide bonds. The molecule has 104 valence electrons. The van der Waals surface area contributed by atoms with Crippen LogP contribution in [-0.4, -0.2) is 22.8 Å². The lowest BCUT2D eigenvalue weighted by atomic mass is 10.1. The Labute approximate surface area is 117 Å². The van der Waals surface area contributed by atoms with Crippen molar-refractivity contribution in [1.29, 1.82) is 0 Å². The molecule has 0 aliphatic rings. The summed E-state index contributed by atoms with van der Waals surface area (Å²) in [5.41, 5.74) is 7.73. The molecule has 0 aliphatic heterocycles. The molecule has 1 aromatic heterocycles. The predicted octanol–water partition coefficient (Wildman–Crippen LogP) is 2.38. The summed E-state index contributed by atoms with van der Waals surface area (Å²) < 4.78 is 13.6. The van der Waals surface area contributed by atoms with Crippen molar-refractivity contribution in [2.75, 3.05) is 12.8 Å². The number of hydrogen-bond donors (Lipinski definition) is 1. The Hall–Kier alpha value is -2.43. The van der Waals surface area contributed by atoms with Crippen LogP contribution in [0.15, 0.2) is 36.5 Å². The van der Waals surface area contributed by atoms with Crippen molar-refractivity contribution >= 4 is 11.6 Å². The number of aryl methyl sites for hydroxylation is 1. The third kappa shape index (κ3) is 2.93. The summed E-state index contributed by atoms with van der Waals surface area (Å²) in [6, 6.07) is 8.01. The maximum absolute atomic E-state index is 13.6. The van der Waals surface area contributed by atoms with Crippen molar-refractivity contribution < 1.29 is 9.18 Å². The average Bonchev–Trinajstić information content (AvgIpc) is 2.40. The molecule has 0 bridgehead atoms. The molecule has 0 unspecified atom stereocenters. The van der Waals surface area contributed by atoms with Crippen molar-refractivity contribution in [2.45, 2.75) is 13.5 Å². The number of nitrogen functional groups attached to an aromatic ring is 1. The Kier molecular flexibility index (Phi) is 3.98. The molecular weight excluding hydrogens is 257 g/mol. The van der Waals surface area contributed by atoms with Gasteiger partial charge in [-0.15, -0.1) is 0 Å². The van der Waals surface area contributed by atoms with Gasteiger partial charge in [-0.3, -0.25) is 9.78 Å². The lowest BCUT2D eigenvalue weighted by Crippen LogP contribution is -2.27. The fourth-order valence-electron chi connectivity index (χ4n) is 1.92. The second kappa shape index (κ2) is 5.69. The third-order valence-corrected chi connectivity index (χ3v) is 3.02. The topological polar surface area (TPSA) is 59.2 Å². The van der Waals surface area contributed by atoms with E-state index in [2.05, 4.69) is 4.98 Å². The second-order valence-corrected chi connectivity index (χ2v) is 4.67. The van der Waals surface area contributed by atoms with E-state index in [1.54, 1.807) is 38.2 Å². The number of nitrogens with zero attached hydrogens (tertiary/aromatic N) is 2. The molecule has 2 N–H and O–H groups in total. The number of halogens is 1. The number of hydrogen-bond acceptors (Lipinski definition) is 3. The predicted molar refractivity (Wildman–Crippen MR) is 75.6 cm³/mol. The van der Waals surface area contributed by atoms with Gasteiger partial charge in [0.15, 0.2) is 0 Å². The minimum absolute atomic E-state index is 0.179. The molecular formula is C15H16FN3O. The summed E-state index contributed by atoms with van der Waals surface area (Å²) in [5.74, 6) is -0.611. The van der Waals surface area contributed by atoms with Gasteiger partial charge >= 0.3 is 0 Å². The zero-order valence-electron chi connectivity index (χ0n) is 11.4. The fourth-order valence-corrected chi connectivity index (χ4v) is 1.92. The summed E-state index contributed by atoms with van der Waals surface area (Å²) in [4.78, 5) is 17.8. The number of anilines is 1.